The van der Waals surface area contributed by atoms with Gasteiger partial charge in [-0.05, 0) is 24.0 Å². The van der Waals surface area contributed by atoms with E-state index in [4.69, 9.17) is 4.74 Å². The fourth-order valence-electron chi connectivity index (χ4n) is 2.40. The number of aliphatic hydroxyl groups excluding tert-OH is 1. The van der Waals surface area contributed by atoms with Crippen LogP contribution in [0.15, 0.2) is 18.2 Å². The Kier molecular flexibility index (Phi) is 7.98. The Balaban J connectivity index is 2.98. The SMILES string of the molecule is COC(=O)[C@@H](Cc1ccc(OC)c([N+](=O)[O-])c1)NC(=O)[C@H](O)CC(C)C. The Morgan fingerprint density at radius 3 is 2.46 bits per heavy atom. The van der Waals surface area contributed by atoms with Crippen LogP contribution in [-0.4, -0.2) is 48.3 Å². The molecule has 2 atom stereocenters. The van der Waals surface area contributed by atoms with Crippen LogP contribution < -0.4 is 10.1 Å². The summed E-state index contributed by atoms with van der Waals surface area (Å²) in [5.41, 5.74) is 0.186. The van der Waals surface area contributed by atoms with E-state index in [2.05, 4.69) is 10.1 Å². The van der Waals surface area contributed by atoms with Crippen LogP contribution in [0.1, 0.15) is 25.8 Å². The highest BCUT2D eigenvalue weighted by molar-refractivity contribution is 5.87. The number of carbonyl (C=O) groups excluding carboxylic acids is 2. The highest BCUT2D eigenvalue weighted by Crippen LogP contribution is 2.28. The topological polar surface area (TPSA) is 128 Å². The molecular formula is C17H24N2O7. The van der Waals surface area contributed by atoms with Gasteiger partial charge in [0.05, 0.1) is 19.1 Å². The maximum absolute atomic E-state index is 12.1. The van der Waals surface area contributed by atoms with Gasteiger partial charge in [-0.2, -0.15) is 0 Å². The van der Waals surface area contributed by atoms with Crippen molar-refractivity contribution in [1.82, 2.24) is 5.32 Å². The van der Waals surface area contributed by atoms with Crippen molar-refractivity contribution in [1.29, 1.82) is 0 Å². The number of methoxy groups -OCH3 is 2. The predicted octanol–water partition coefficient (Wildman–Crippen LogP) is 1.21. The third-order valence-corrected chi connectivity index (χ3v) is 3.68. The monoisotopic (exact) mass is 368 g/mol. The van der Waals surface area contributed by atoms with Gasteiger partial charge in [-0.25, -0.2) is 4.79 Å². The van der Waals surface area contributed by atoms with E-state index in [1.165, 1.54) is 26.4 Å². The van der Waals surface area contributed by atoms with Gasteiger partial charge < -0.3 is 19.9 Å². The van der Waals surface area contributed by atoms with Gasteiger partial charge in [-0.1, -0.05) is 19.9 Å². The number of nitro benzene ring substituents is 1. The standard InChI is InChI=1S/C17H24N2O7/c1-10(2)7-14(20)16(21)18-12(17(22)26-4)8-11-5-6-15(25-3)13(9-11)19(23)24/h5-6,9-10,12,14,20H,7-8H2,1-4H3,(H,18,21)/t12-,14-/m1/s1. The fraction of sp³-hybridized carbons (Fsp3) is 0.529. The Hall–Kier alpha value is -2.68. The van der Waals surface area contributed by atoms with E-state index in [9.17, 15) is 24.8 Å². The second-order valence-corrected chi connectivity index (χ2v) is 6.20. The summed E-state index contributed by atoms with van der Waals surface area (Å²) >= 11 is 0. The zero-order valence-electron chi connectivity index (χ0n) is 15.2. The van der Waals surface area contributed by atoms with E-state index in [1.807, 2.05) is 13.8 Å². The van der Waals surface area contributed by atoms with Crippen molar-refractivity contribution >= 4 is 17.6 Å². The van der Waals surface area contributed by atoms with Crippen molar-refractivity contribution in [2.24, 2.45) is 5.92 Å². The first-order valence-electron chi connectivity index (χ1n) is 8.07. The average molecular weight is 368 g/mol. The fourth-order valence-corrected chi connectivity index (χ4v) is 2.40. The molecule has 0 fully saturated rings. The lowest BCUT2D eigenvalue weighted by molar-refractivity contribution is -0.385. The number of ether oxygens (including phenoxy) is 2. The summed E-state index contributed by atoms with van der Waals surface area (Å²) in [6.45, 7) is 3.70. The van der Waals surface area contributed by atoms with Crippen molar-refractivity contribution in [3.05, 3.63) is 33.9 Å². The first-order valence-corrected chi connectivity index (χ1v) is 8.07. The molecule has 0 saturated carbocycles. The van der Waals surface area contributed by atoms with Gasteiger partial charge >= 0.3 is 11.7 Å². The molecule has 0 unspecified atom stereocenters. The van der Waals surface area contributed by atoms with E-state index in [1.54, 1.807) is 6.07 Å². The molecule has 0 aliphatic carbocycles. The van der Waals surface area contributed by atoms with Crippen LogP contribution in [0.5, 0.6) is 5.75 Å². The van der Waals surface area contributed by atoms with Crippen molar-refractivity contribution in [2.75, 3.05) is 14.2 Å². The molecule has 9 heteroatoms. The molecule has 1 rings (SSSR count). The molecule has 1 aromatic rings. The highest BCUT2D eigenvalue weighted by atomic mass is 16.6. The number of nitro groups is 1. The van der Waals surface area contributed by atoms with Crippen molar-refractivity contribution < 1.29 is 29.1 Å². The van der Waals surface area contributed by atoms with E-state index >= 15 is 0 Å². The summed E-state index contributed by atoms with van der Waals surface area (Å²) in [5.74, 6) is -1.23. The third kappa shape index (κ3) is 5.99. The molecule has 0 aliphatic heterocycles. The van der Waals surface area contributed by atoms with E-state index in [0.29, 0.717) is 5.56 Å². The maximum atomic E-state index is 12.1. The Morgan fingerprint density at radius 2 is 1.96 bits per heavy atom. The van der Waals surface area contributed by atoms with Gasteiger partial charge in [0.1, 0.15) is 12.1 Å². The first kappa shape index (κ1) is 21.4. The molecule has 0 heterocycles. The summed E-state index contributed by atoms with van der Waals surface area (Å²) < 4.78 is 9.61. The molecule has 26 heavy (non-hydrogen) atoms. The molecule has 9 nitrogen and oxygen atoms in total. The number of esters is 1. The number of amides is 1. The van der Waals surface area contributed by atoms with E-state index in [0.717, 1.165) is 0 Å². The van der Waals surface area contributed by atoms with Crippen molar-refractivity contribution in [3.63, 3.8) is 0 Å². The van der Waals surface area contributed by atoms with Crippen molar-refractivity contribution in [3.8, 4) is 5.75 Å². The number of nitrogens with zero attached hydrogens (tertiary/aromatic N) is 1. The Labute approximate surface area is 151 Å². The quantitative estimate of drug-likeness (QED) is 0.381. The lowest BCUT2D eigenvalue weighted by Gasteiger charge is -2.19. The number of hydrogen-bond acceptors (Lipinski definition) is 7. The van der Waals surface area contributed by atoms with Crippen LogP contribution in [0.25, 0.3) is 0 Å². The molecule has 0 saturated heterocycles. The second kappa shape index (κ2) is 9.71. The van der Waals surface area contributed by atoms with Gasteiger partial charge in [0.25, 0.3) is 0 Å². The molecule has 0 radical (unpaired) electrons. The molecule has 1 amide bonds. The lowest BCUT2D eigenvalue weighted by atomic mass is 10.0. The molecule has 144 valence electrons. The maximum Gasteiger partial charge on any atom is 0.328 e. The molecule has 0 aliphatic rings. The van der Waals surface area contributed by atoms with Crippen LogP contribution in [0.3, 0.4) is 0 Å². The molecular weight excluding hydrogens is 344 g/mol. The number of rotatable bonds is 9. The average Bonchev–Trinajstić information content (AvgIpc) is 2.59. The molecule has 2 N–H and O–H groups in total. The van der Waals surface area contributed by atoms with Gasteiger partial charge in [0.2, 0.25) is 5.91 Å². The summed E-state index contributed by atoms with van der Waals surface area (Å²) in [6, 6.07) is 3.16. The van der Waals surface area contributed by atoms with Crippen LogP contribution >= 0.6 is 0 Å². The molecule has 0 aromatic heterocycles. The van der Waals surface area contributed by atoms with Crippen LogP contribution in [0.4, 0.5) is 5.69 Å². The van der Waals surface area contributed by atoms with E-state index in [-0.39, 0.29) is 30.2 Å². The minimum absolute atomic E-state index is 0.0301. The lowest BCUT2D eigenvalue weighted by Crippen LogP contribution is -2.47. The largest absolute Gasteiger partial charge is 0.490 e. The van der Waals surface area contributed by atoms with Crippen molar-refractivity contribution in [2.45, 2.75) is 38.8 Å². The number of benzene rings is 1. The summed E-state index contributed by atoms with van der Waals surface area (Å²) in [4.78, 5) is 34.6. The number of hydrogen-bond donors (Lipinski definition) is 2. The van der Waals surface area contributed by atoms with Gasteiger partial charge in [0, 0.05) is 12.5 Å². The van der Waals surface area contributed by atoms with Gasteiger partial charge in [-0.3, -0.25) is 14.9 Å². The summed E-state index contributed by atoms with van der Waals surface area (Å²) in [6.07, 6.45) is -1.04. The first-order chi connectivity index (χ1) is 12.2. The normalized spacial score (nSPS) is 13.0. The van der Waals surface area contributed by atoms with Crippen LogP contribution in [-0.2, 0) is 20.7 Å². The molecule has 0 bridgehead atoms. The minimum atomic E-state index is -1.26. The third-order valence-electron chi connectivity index (χ3n) is 3.68. The zero-order valence-corrected chi connectivity index (χ0v) is 15.2. The van der Waals surface area contributed by atoms with Gasteiger partial charge in [-0.15, -0.1) is 0 Å². The second-order valence-electron chi connectivity index (χ2n) is 6.20. The Morgan fingerprint density at radius 1 is 1.31 bits per heavy atom. The predicted molar refractivity (Wildman–Crippen MR) is 92.8 cm³/mol. The Bertz CT molecular complexity index is 661. The van der Waals surface area contributed by atoms with Gasteiger partial charge in [0.15, 0.2) is 5.75 Å². The smallest absolute Gasteiger partial charge is 0.328 e. The number of nitrogens with one attached hydrogen (secondary N) is 1. The highest BCUT2D eigenvalue weighted by Gasteiger charge is 2.27. The zero-order chi connectivity index (χ0) is 19.9. The molecule has 1 aromatic carbocycles. The molecule has 0 spiro atoms. The number of aliphatic hydroxyl groups is 1. The minimum Gasteiger partial charge on any atom is -0.490 e. The van der Waals surface area contributed by atoms with E-state index < -0.39 is 28.9 Å². The summed E-state index contributed by atoms with van der Waals surface area (Å²) in [5, 5.41) is 23.4. The summed E-state index contributed by atoms with van der Waals surface area (Å²) in [7, 11) is 2.48. The van der Waals surface area contributed by atoms with Crippen LogP contribution in [0, 0.1) is 16.0 Å². The number of carbonyl (C=O) groups is 2. The van der Waals surface area contributed by atoms with Crippen LogP contribution in [0.2, 0.25) is 0 Å².